The molecular formula is C12H14N4O. The zero-order chi connectivity index (χ0) is 12.1. The van der Waals surface area contributed by atoms with Crippen LogP contribution < -0.4 is 10.6 Å². The van der Waals surface area contributed by atoms with Gasteiger partial charge in [-0.25, -0.2) is 4.98 Å². The topological polar surface area (TPSA) is 77.8 Å². The molecule has 1 heterocycles. The van der Waals surface area contributed by atoms with Crippen molar-refractivity contribution in [3.05, 3.63) is 23.9 Å². The predicted molar refractivity (Wildman–Crippen MR) is 63.2 cm³/mol. The monoisotopic (exact) mass is 230 g/mol. The van der Waals surface area contributed by atoms with Gasteiger partial charge in [0, 0.05) is 12.7 Å². The van der Waals surface area contributed by atoms with Crippen LogP contribution in [-0.2, 0) is 4.79 Å². The average Bonchev–Trinajstić information content (AvgIpc) is 3.18. The van der Waals surface area contributed by atoms with Gasteiger partial charge in [-0.15, -0.1) is 0 Å². The lowest BCUT2D eigenvalue weighted by Gasteiger charge is -2.07. The quantitative estimate of drug-likeness (QED) is 0.787. The van der Waals surface area contributed by atoms with Crippen molar-refractivity contribution in [2.75, 3.05) is 18.4 Å². The second kappa shape index (κ2) is 5.30. The van der Waals surface area contributed by atoms with E-state index in [2.05, 4.69) is 15.6 Å². The largest absolute Gasteiger partial charge is 0.360 e. The van der Waals surface area contributed by atoms with Crippen molar-refractivity contribution in [1.82, 2.24) is 10.3 Å². The van der Waals surface area contributed by atoms with E-state index in [9.17, 15) is 4.79 Å². The lowest BCUT2D eigenvalue weighted by atomic mass is 10.3. The minimum atomic E-state index is -0.0635. The molecule has 0 aliphatic heterocycles. The minimum absolute atomic E-state index is 0.0635. The second-order valence-electron chi connectivity index (χ2n) is 4.11. The molecular weight excluding hydrogens is 216 g/mol. The van der Waals surface area contributed by atoms with Gasteiger partial charge in [0.2, 0.25) is 5.91 Å². The summed E-state index contributed by atoms with van der Waals surface area (Å²) in [5, 5.41) is 14.5. The van der Waals surface area contributed by atoms with Crippen LogP contribution in [0.25, 0.3) is 0 Å². The Bertz CT molecular complexity index is 448. The van der Waals surface area contributed by atoms with Gasteiger partial charge in [0.1, 0.15) is 11.9 Å². The van der Waals surface area contributed by atoms with Crippen LogP contribution in [0.15, 0.2) is 18.3 Å². The highest BCUT2D eigenvalue weighted by molar-refractivity contribution is 5.80. The maximum absolute atomic E-state index is 11.5. The van der Waals surface area contributed by atoms with E-state index in [4.69, 9.17) is 5.26 Å². The summed E-state index contributed by atoms with van der Waals surface area (Å²) in [6, 6.07) is 5.38. The fourth-order valence-corrected chi connectivity index (χ4v) is 1.44. The Morgan fingerprint density at radius 1 is 1.59 bits per heavy atom. The summed E-state index contributed by atoms with van der Waals surface area (Å²) < 4.78 is 0. The maximum Gasteiger partial charge on any atom is 0.239 e. The van der Waals surface area contributed by atoms with Crippen molar-refractivity contribution in [2.24, 2.45) is 5.92 Å². The Morgan fingerprint density at radius 2 is 2.41 bits per heavy atom. The third kappa shape index (κ3) is 3.45. The molecule has 0 spiro atoms. The van der Waals surface area contributed by atoms with Crippen molar-refractivity contribution >= 4 is 11.7 Å². The molecule has 1 aliphatic rings. The van der Waals surface area contributed by atoms with Crippen LogP contribution in [0.3, 0.4) is 0 Å². The van der Waals surface area contributed by atoms with E-state index in [-0.39, 0.29) is 12.5 Å². The Labute approximate surface area is 99.9 Å². The molecule has 0 unspecified atom stereocenters. The molecule has 0 aromatic carbocycles. The first-order chi connectivity index (χ1) is 8.29. The van der Waals surface area contributed by atoms with Crippen molar-refractivity contribution < 1.29 is 4.79 Å². The van der Waals surface area contributed by atoms with Gasteiger partial charge in [0.05, 0.1) is 12.1 Å². The number of carbonyl (C=O) groups excluding carboxylic acids is 1. The molecule has 1 amide bonds. The fraction of sp³-hybridized carbons (Fsp3) is 0.417. The zero-order valence-electron chi connectivity index (χ0n) is 9.44. The molecule has 17 heavy (non-hydrogen) atoms. The zero-order valence-corrected chi connectivity index (χ0v) is 9.44. The first kappa shape index (κ1) is 11.4. The second-order valence-corrected chi connectivity index (χ2v) is 4.11. The number of pyridine rings is 1. The normalized spacial score (nSPS) is 13.8. The van der Waals surface area contributed by atoms with Crippen LogP contribution in [0.5, 0.6) is 0 Å². The lowest BCUT2D eigenvalue weighted by molar-refractivity contribution is -0.119. The smallest absolute Gasteiger partial charge is 0.239 e. The molecule has 1 aromatic rings. The Balaban J connectivity index is 1.80. The van der Waals surface area contributed by atoms with Crippen LogP contribution in [-0.4, -0.2) is 24.0 Å². The molecule has 0 saturated heterocycles. The van der Waals surface area contributed by atoms with Gasteiger partial charge in [-0.2, -0.15) is 5.26 Å². The number of nitrogens with zero attached hydrogens (tertiary/aromatic N) is 2. The third-order valence-electron chi connectivity index (χ3n) is 2.63. The highest BCUT2D eigenvalue weighted by Gasteiger charge is 2.21. The Kier molecular flexibility index (Phi) is 3.55. The van der Waals surface area contributed by atoms with E-state index in [1.54, 1.807) is 18.3 Å². The molecule has 5 nitrogen and oxygen atoms in total. The van der Waals surface area contributed by atoms with Crippen LogP contribution in [0.4, 0.5) is 5.82 Å². The number of rotatable bonds is 5. The van der Waals surface area contributed by atoms with Gasteiger partial charge < -0.3 is 10.6 Å². The molecule has 0 atom stereocenters. The number of nitrogens with one attached hydrogen (secondary N) is 2. The van der Waals surface area contributed by atoms with E-state index in [0.717, 1.165) is 6.54 Å². The van der Waals surface area contributed by atoms with Gasteiger partial charge >= 0.3 is 0 Å². The van der Waals surface area contributed by atoms with Crippen LogP contribution in [0, 0.1) is 17.2 Å². The van der Waals surface area contributed by atoms with Gasteiger partial charge in [-0.1, -0.05) is 0 Å². The number of hydrogen-bond donors (Lipinski definition) is 2. The predicted octanol–water partition coefficient (Wildman–Crippen LogP) is 0.891. The lowest BCUT2D eigenvalue weighted by Crippen LogP contribution is -2.31. The summed E-state index contributed by atoms with van der Waals surface area (Å²) >= 11 is 0. The van der Waals surface area contributed by atoms with Crippen molar-refractivity contribution in [3.63, 3.8) is 0 Å². The molecule has 0 bridgehead atoms. The molecule has 5 heteroatoms. The molecule has 2 rings (SSSR count). The van der Waals surface area contributed by atoms with E-state index in [0.29, 0.717) is 17.3 Å². The minimum Gasteiger partial charge on any atom is -0.360 e. The Hall–Kier alpha value is -2.09. The fourth-order valence-electron chi connectivity index (χ4n) is 1.44. The standard InChI is InChI=1S/C12H14N4O/c13-6-10-2-1-5-14-12(10)16-8-11(17)15-7-9-3-4-9/h1-2,5,9H,3-4,7-8H2,(H,14,16)(H,15,17). The molecule has 1 aromatic heterocycles. The van der Waals surface area contributed by atoms with E-state index in [1.807, 2.05) is 6.07 Å². The summed E-state index contributed by atoms with van der Waals surface area (Å²) in [5.74, 6) is 1.06. The number of aromatic nitrogens is 1. The average molecular weight is 230 g/mol. The Morgan fingerprint density at radius 3 is 3.12 bits per heavy atom. The molecule has 1 saturated carbocycles. The summed E-state index contributed by atoms with van der Waals surface area (Å²) in [6.45, 7) is 0.909. The molecule has 0 radical (unpaired) electrons. The highest BCUT2D eigenvalue weighted by Crippen LogP contribution is 2.27. The van der Waals surface area contributed by atoms with Crippen LogP contribution in [0.2, 0.25) is 0 Å². The van der Waals surface area contributed by atoms with Crippen molar-refractivity contribution in [3.8, 4) is 6.07 Å². The van der Waals surface area contributed by atoms with E-state index in [1.165, 1.54) is 12.8 Å². The molecule has 2 N–H and O–H groups in total. The van der Waals surface area contributed by atoms with Crippen LogP contribution >= 0.6 is 0 Å². The number of hydrogen-bond acceptors (Lipinski definition) is 4. The number of amides is 1. The molecule has 88 valence electrons. The van der Waals surface area contributed by atoms with Gasteiger partial charge in [0.25, 0.3) is 0 Å². The van der Waals surface area contributed by atoms with Crippen LogP contribution in [0.1, 0.15) is 18.4 Å². The SMILES string of the molecule is N#Cc1cccnc1NCC(=O)NCC1CC1. The summed E-state index contributed by atoms with van der Waals surface area (Å²) in [7, 11) is 0. The van der Waals surface area contributed by atoms with Crippen molar-refractivity contribution in [1.29, 1.82) is 5.26 Å². The number of carbonyl (C=O) groups is 1. The number of nitriles is 1. The maximum atomic E-state index is 11.5. The van der Waals surface area contributed by atoms with Gasteiger partial charge in [-0.3, -0.25) is 4.79 Å². The summed E-state index contributed by atoms with van der Waals surface area (Å²) in [4.78, 5) is 15.5. The number of anilines is 1. The molecule has 1 fully saturated rings. The van der Waals surface area contributed by atoms with E-state index >= 15 is 0 Å². The van der Waals surface area contributed by atoms with Gasteiger partial charge in [0.15, 0.2) is 0 Å². The third-order valence-corrected chi connectivity index (χ3v) is 2.63. The molecule has 1 aliphatic carbocycles. The van der Waals surface area contributed by atoms with Crippen molar-refractivity contribution in [2.45, 2.75) is 12.8 Å². The van der Waals surface area contributed by atoms with Gasteiger partial charge in [-0.05, 0) is 30.9 Å². The highest BCUT2D eigenvalue weighted by atomic mass is 16.1. The first-order valence-corrected chi connectivity index (χ1v) is 5.65. The summed E-state index contributed by atoms with van der Waals surface area (Å²) in [6.07, 6.45) is 4.02. The van der Waals surface area contributed by atoms with E-state index < -0.39 is 0 Å². The first-order valence-electron chi connectivity index (χ1n) is 5.65. The summed E-state index contributed by atoms with van der Waals surface area (Å²) in [5.41, 5.74) is 0.447.